The van der Waals surface area contributed by atoms with E-state index in [4.69, 9.17) is 72.2 Å². The maximum Gasteiger partial charge on any atom is 0.321 e. The molecule has 3 aromatic carbocycles. The van der Waals surface area contributed by atoms with Gasteiger partial charge in [-0.05, 0) is 145 Å². The molecule has 7 rings (SSSR count). The number of ether oxygens (including phenoxy) is 3. The summed E-state index contributed by atoms with van der Waals surface area (Å²) in [5, 5.41) is 3.81. The van der Waals surface area contributed by atoms with Crippen LogP contribution >= 0.6 is 58.0 Å². The van der Waals surface area contributed by atoms with Gasteiger partial charge in [-0.1, -0.05) is 174 Å². The number of halogens is 5. The third-order valence-corrected chi connectivity index (χ3v) is 8.34. The lowest BCUT2D eigenvalue weighted by Crippen LogP contribution is -2.09. The van der Waals surface area contributed by atoms with Crippen LogP contribution in [-0.2, 0) is 9.53 Å². The summed E-state index contributed by atoms with van der Waals surface area (Å²) in [5.74, 6) is 2.86. The number of carbonyl (C=O) groups excluding carboxylic acids is 2. The second kappa shape index (κ2) is 61.7. The third-order valence-electron chi connectivity index (χ3n) is 7.50. The van der Waals surface area contributed by atoms with Gasteiger partial charge in [0.2, 0.25) is 32.4 Å². The van der Waals surface area contributed by atoms with Crippen molar-refractivity contribution in [2.75, 3.05) is 31.7 Å². The lowest BCUT2D eigenvalue weighted by Gasteiger charge is -2.04. The van der Waals surface area contributed by atoms with Gasteiger partial charge < -0.3 is 19.5 Å². The molecule has 0 aliphatic carbocycles. The number of hydrogen-bond donors (Lipinski definition) is 1. The Hall–Kier alpha value is -6.41. The molecule has 4 aromatic heterocycles. The van der Waals surface area contributed by atoms with E-state index in [-0.39, 0.29) is 50.0 Å². The summed E-state index contributed by atoms with van der Waals surface area (Å²) in [6.45, 7) is 47.1. The summed E-state index contributed by atoms with van der Waals surface area (Å²) in [6.07, 6.45) is 0. The number of rotatable bonds is 11. The van der Waals surface area contributed by atoms with Gasteiger partial charge in [-0.2, -0.15) is 34.9 Å². The van der Waals surface area contributed by atoms with E-state index < -0.39 is 0 Å². The topological polar surface area (TPSA) is 229 Å². The van der Waals surface area contributed by atoms with Gasteiger partial charge in [-0.25, -0.2) is 24.9 Å². The normalized spacial score (nSPS) is 8.57. The lowest BCUT2D eigenvalue weighted by atomic mass is 10.2. The molecule has 0 aliphatic heterocycles. The van der Waals surface area contributed by atoms with Crippen LogP contribution in [0.2, 0.25) is 26.4 Å². The largest absolute Gasteiger partial charge is 0.464 e. The number of para-hydroxylation sites is 1. The molecule has 0 bridgehead atoms. The van der Waals surface area contributed by atoms with Crippen molar-refractivity contribution in [1.82, 2.24) is 59.8 Å². The predicted octanol–water partition coefficient (Wildman–Crippen LogP) is 17.7. The van der Waals surface area contributed by atoms with Crippen LogP contribution in [0, 0.1) is 34.6 Å². The first-order valence-corrected chi connectivity index (χ1v) is 29.2. The molecular weight excluding hydrogens is 1160 g/mol. The summed E-state index contributed by atoms with van der Waals surface area (Å²) in [4.78, 5) is 66.5. The fourth-order valence-corrected chi connectivity index (χ4v) is 5.27. The van der Waals surface area contributed by atoms with Crippen molar-refractivity contribution in [3.05, 3.63) is 164 Å². The van der Waals surface area contributed by atoms with E-state index in [0.29, 0.717) is 61.2 Å². The van der Waals surface area contributed by atoms with E-state index in [9.17, 15) is 9.59 Å². The minimum Gasteiger partial charge on any atom is -0.464 e. The van der Waals surface area contributed by atoms with E-state index in [1.165, 1.54) is 12.5 Å². The Balaban J connectivity index is -0.000000205. The van der Waals surface area contributed by atoms with Gasteiger partial charge in [0.1, 0.15) is 29.9 Å². The Bertz CT molecular complexity index is 2530. The van der Waals surface area contributed by atoms with E-state index in [1.807, 2.05) is 176 Å². The molecule has 18 nitrogen and oxygen atoms in total. The van der Waals surface area contributed by atoms with Crippen LogP contribution in [0.4, 0.5) is 11.6 Å². The van der Waals surface area contributed by atoms with Crippen molar-refractivity contribution < 1.29 is 23.8 Å². The summed E-state index contributed by atoms with van der Waals surface area (Å²) < 4.78 is 15.3. The van der Waals surface area contributed by atoms with E-state index in [0.717, 1.165) is 11.3 Å². The average molecular weight is 1250 g/mol. The maximum atomic E-state index is 10.6. The van der Waals surface area contributed by atoms with Crippen LogP contribution in [0.25, 0.3) is 0 Å². The predicted molar refractivity (Wildman–Crippen MR) is 347 cm³/mol. The summed E-state index contributed by atoms with van der Waals surface area (Å²) >= 11 is 27.7. The van der Waals surface area contributed by atoms with Crippen molar-refractivity contribution in [3.63, 3.8) is 0 Å². The van der Waals surface area contributed by atoms with Crippen LogP contribution in [0.1, 0.15) is 157 Å². The number of anilines is 2. The SMILES string of the molecule is C=C(C)C(C)=O.CC.CC.CC.CC.CC.CC.CC(=O)c1ccccc1.CCOCCOc1nc(C)nc(Cl)n1.CCOc1nc(C)nc(Cl)n1.Cc1ccccc1.Cc1nc(Cl)nc(Cl)n1.Cc1nc(Cl)nc(Nc2ccccc2)n1. The van der Waals surface area contributed by atoms with Crippen molar-refractivity contribution in [3.8, 4) is 12.0 Å². The number of Topliss-reactive ketones (excluding diaryl/α,β-unsaturated/α-hetero) is 2. The Labute approximate surface area is 521 Å². The maximum absolute atomic E-state index is 10.6. The fourth-order valence-electron chi connectivity index (χ4n) is 4.23. The third kappa shape index (κ3) is 54.6. The van der Waals surface area contributed by atoms with E-state index in [1.54, 1.807) is 41.5 Å². The van der Waals surface area contributed by atoms with Gasteiger partial charge in [0.25, 0.3) is 0 Å². The minimum atomic E-state index is 0.0648. The van der Waals surface area contributed by atoms with Crippen molar-refractivity contribution in [2.45, 2.75) is 152 Å². The fraction of sp³-hybridized carbons (Fsp3) is 0.433. The average Bonchev–Trinajstić information content (AvgIpc) is 3.47. The smallest absolute Gasteiger partial charge is 0.321 e. The quantitative estimate of drug-likeness (QED) is 0.0721. The first-order chi connectivity index (χ1) is 39.7. The Morgan fingerprint density at radius 1 is 0.434 bits per heavy atom. The summed E-state index contributed by atoms with van der Waals surface area (Å²) in [6, 6.07) is 29.7. The molecule has 0 fully saturated rings. The molecule has 0 amide bonds. The molecule has 462 valence electrons. The van der Waals surface area contributed by atoms with Gasteiger partial charge in [0, 0.05) is 17.9 Å². The molecule has 0 radical (unpaired) electrons. The van der Waals surface area contributed by atoms with E-state index >= 15 is 0 Å². The van der Waals surface area contributed by atoms with Crippen molar-refractivity contribution in [2.24, 2.45) is 0 Å². The number of nitrogens with one attached hydrogen (secondary N) is 1. The van der Waals surface area contributed by atoms with Gasteiger partial charge in [-0.3, -0.25) is 9.59 Å². The molecule has 0 atom stereocenters. The van der Waals surface area contributed by atoms with E-state index in [2.05, 4.69) is 90.8 Å². The van der Waals surface area contributed by atoms with Crippen molar-refractivity contribution in [1.29, 1.82) is 0 Å². The molecule has 83 heavy (non-hydrogen) atoms. The van der Waals surface area contributed by atoms with Crippen molar-refractivity contribution >= 4 is 81.2 Å². The molecule has 0 saturated carbocycles. The summed E-state index contributed by atoms with van der Waals surface area (Å²) in [5.41, 5.74) is 3.63. The number of nitrogens with zero attached hydrogens (tertiary/aromatic N) is 12. The lowest BCUT2D eigenvalue weighted by molar-refractivity contribution is -0.113. The van der Waals surface area contributed by atoms with Gasteiger partial charge in [0.05, 0.1) is 13.2 Å². The van der Waals surface area contributed by atoms with Gasteiger partial charge in [0.15, 0.2) is 11.6 Å². The zero-order valence-corrected chi connectivity index (χ0v) is 56.8. The second-order valence-electron chi connectivity index (χ2n) is 13.6. The Morgan fingerprint density at radius 2 is 0.771 bits per heavy atom. The first-order valence-electron chi connectivity index (χ1n) is 27.3. The molecule has 7 aromatic rings. The van der Waals surface area contributed by atoms with Gasteiger partial charge in [-0.15, -0.1) is 0 Å². The standard InChI is InChI=1S/C10H9ClN4.C8H12ClN3O2.C8H8O.C7H8.C6H8ClN3O.C5H8O.C4H3Cl2N3.6C2H6/c1-7-12-9(11)15-10(13-7)14-8-5-3-2-4-6-8;1-3-13-4-5-14-8-11-6(2)10-7(9)12-8;1-7(9)8-5-3-2-4-6-8;1-7-5-3-2-4-6-7;1-3-11-6-9-4(2)8-5(7)10-6;1-4(2)5(3)6;1-2-7-3(5)9-4(6)8-2;6*1-2/h2-6H,1H3,(H,12,13,14,15);3-5H2,1-2H3;2-6H,1H3;2-6H,1H3;3H2,1-2H3;1H2,2-3H3;1H3;6*1-2H3. The molecule has 1 N–H and O–H groups in total. The Morgan fingerprint density at radius 3 is 1.07 bits per heavy atom. The first kappa shape index (κ1) is 87.8. The highest BCUT2D eigenvalue weighted by molar-refractivity contribution is 6.31. The van der Waals surface area contributed by atoms with Crippen LogP contribution in [0.3, 0.4) is 0 Å². The Kier molecular flexibility index (Phi) is 65.2. The number of ketones is 2. The highest BCUT2D eigenvalue weighted by Crippen LogP contribution is 2.13. The number of aromatic nitrogens is 12. The number of carbonyl (C=O) groups is 2. The zero-order chi connectivity index (χ0) is 65.1. The number of hydrogen-bond acceptors (Lipinski definition) is 18. The molecular formula is C60H92Cl5N13O5. The van der Waals surface area contributed by atoms with Crippen LogP contribution < -0.4 is 14.8 Å². The summed E-state index contributed by atoms with van der Waals surface area (Å²) in [7, 11) is 0. The number of benzene rings is 3. The minimum absolute atomic E-state index is 0.0648. The highest BCUT2D eigenvalue weighted by atomic mass is 35.5. The van der Waals surface area contributed by atoms with Crippen LogP contribution in [-0.4, -0.2) is 97.8 Å². The molecule has 23 heteroatoms. The monoisotopic (exact) mass is 1250 g/mol. The molecule has 0 spiro atoms. The highest BCUT2D eigenvalue weighted by Gasteiger charge is 2.04. The zero-order valence-electron chi connectivity index (χ0n) is 53.0. The molecule has 0 saturated heterocycles. The second-order valence-corrected chi connectivity index (χ2v) is 15.3. The van der Waals surface area contributed by atoms with Crippen LogP contribution in [0.15, 0.2) is 103 Å². The van der Waals surface area contributed by atoms with Gasteiger partial charge >= 0.3 is 12.0 Å². The van der Waals surface area contributed by atoms with Crippen LogP contribution in [0.5, 0.6) is 12.0 Å². The number of allylic oxidation sites excluding steroid dienone is 1. The molecule has 4 heterocycles. The number of aryl methyl sites for hydroxylation is 5. The molecule has 0 unspecified atom stereocenters. The molecule has 0 aliphatic rings.